The van der Waals surface area contributed by atoms with Crippen LogP contribution in [0.4, 0.5) is 15.8 Å². The molecular formula is C18H17FN4O4S2. The Labute approximate surface area is 171 Å². The quantitative estimate of drug-likeness (QED) is 0.520. The molecule has 0 saturated heterocycles. The Morgan fingerprint density at radius 3 is 2.38 bits per heavy atom. The summed E-state index contributed by atoms with van der Waals surface area (Å²) in [6.07, 6.45) is 0. The maximum absolute atomic E-state index is 12.9. The van der Waals surface area contributed by atoms with Crippen molar-refractivity contribution >= 4 is 39.1 Å². The fourth-order valence-electron chi connectivity index (χ4n) is 2.17. The van der Waals surface area contributed by atoms with Crippen LogP contribution in [0.5, 0.6) is 0 Å². The van der Waals surface area contributed by atoms with Crippen LogP contribution >= 0.6 is 11.8 Å². The van der Waals surface area contributed by atoms with Gasteiger partial charge in [0.1, 0.15) is 5.82 Å². The first-order valence-electron chi connectivity index (χ1n) is 8.47. The van der Waals surface area contributed by atoms with Crippen LogP contribution in [-0.4, -0.2) is 36.0 Å². The number of aromatic nitrogens is 2. The van der Waals surface area contributed by atoms with Crippen molar-refractivity contribution in [2.75, 3.05) is 21.5 Å². The zero-order valence-electron chi connectivity index (χ0n) is 15.3. The first kappa shape index (κ1) is 20.8. The normalized spacial score (nSPS) is 11.2. The van der Waals surface area contributed by atoms with Crippen molar-refractivity contribution in [3.8, 4) is 11.5 Å². The smallest absolute Gasteiger partial charge is 0.277 e. The van der Waals surface area contributed by atoms with E-state index >= 15 is 0 Å². The molecule has 0 atom stereocenters. The molecule has 8 nitrogen and oxygen atoms in total. The zero-order valence-corrected chi connectivity index (χ0v) is 16.9. The van der Waals surface area contributed by atoms with E-state index in [1.54, 1.807) is 31.2 Å². The summed E-state index contributed by atoms with van der Waals surface area (Å²) in [4.78, 5) is 12.0. The lowest BCUT2D eigenvalue weighted by molar-refractivity contribution is -0.113. The Morgan fingerprint density at radius 1 is 1.07 bits per heavy atom. The van der Waals surface area contributed by atoms with Crippen LogP contribution < -0.4 is 10.0 Å². The van der Waals surface area contributed by atoms with Gasteiger partial charge >= 0.3 is 0 Å². The van der Waals surface area contributed by atoms with Gasteiger partial charge in [0.25, 0.3) is 5.22 Å². The van der Waals surface area contributed by atoms with Crippen LogP contribution in [-0.2, 0) is 14.8 Å². The van der Waals surface area contributed by atoms with E-state index < -0.39 is 10.0 Å². The number of thioether (sulfide) groups is 1. The van der Waals surface area contributed by atoms with Gasteiger partial charge in [-0.25, -0.2) is 12.8 Å². The minimum Gasteiger partial charge on any atom is -0.411 e. The van der Waals surface area contributed by atoms with Gasteiger partial charge in [-0.05, 0) is 55.5 Å². The molecule has 0 fully saturated rings. The van der Waals surface area contributed by atoms with Crippen LogP contribution in [0.3, 0.4) is 0 Å². The Balaban J connectivity index is 1.56. The minimum atomic E-state index is -3.35. The maximum Gasteiger partial charge on any atom is 0.277 e. The Morgan fingerprint density at radius 2 is 1.72 bits per heavy atom. The van der Waals surface area contributed by atoms with E-state index in [9.17, 15) is 17.6 Å². The molecule has 11 heteroatoms. The van der Waals surface area contributed by atoms with Crippen molar-refractivity contribution in [2.45, 2.75) is 12.1 Å². The average molecular weight is 436 g/mol. The number of rotatable bonds is 8. The van der Waals surface area contributed by atoms with E-state index in [0.29, 0.717) is 16.9 Å². The third-order valence-corrected chi connectivity index (χ3v) is 5.77. The summed E-state index contributed by atoms with van der Waals surface area (Å²) in [5.41, 5.74) is 1.53. The number of nitrogens with zero attached hydrogens (tertiary/aromatic N) is 2. The Bertz CT molecular complexity index is 1080. The largest absolute Gasteiger partial charge is 0.411 e. The highest BCUT2D eigenvalue weighted by Gasteiger charge is 2.12. The Kier molecular flexibility index (Phi) is 6.49. The molecule has 2 aromatic carbocycles. The van der Waals surface area contributed by atoms with E-state index in [-0.39, 0.29) is 34.3 Å². The van der Waals surface area contributed by atoms with E-state index in [4.69, 9.17) is 4.42 Å². The molecule has 3 aromatic rings. The van der Waals surface area contributed by atoms with Crippen LogP contribution in [0.2, 0.25) is 0 Å². The first-order chi connectivity index (χ1) is 13.8. The number of benzene rings is 2. The summed E-state index contributed by atoms with van der Waals surface area (Å²) >= 11 is 1.06. The predicted molar refractivity (Wildman–Crippen MR) is 109 cm³/mol. The highest BCUT2D eigenvalue weighted by atomic mass is 32.2. The second-order valence-corrected chi connectivity index (χ2v) is 8.74. The van der Waals surface area contributed by atoms with Gasteiger partial charge in [0, 0.05) is 16.9 Å². The molecule has 0 aliphatic rings. The molecule has 1 aromatic heterocycles. The Hall–Kier alpha value is -2.92. The molecule has 0 bridgehead atoms. The fraction of sp³-hybridized carbons (Fsp3) is 0.167. The van der Waals surface area contributed by atoms with Gasteiger partial charge in [-0.15, -0.1) is 10.2 Å². The van der Waals surface area contributed by atoms with Crippen molar-refractivity contribution < 1.29 is 22.0 Å². The van der Waals surface area contributed by atoms with Gasteiger partial charge in [-0.3, -0.25) is 9.52 Å². The van der Waals surface area contributed by atoms with Crippen molar-refractivity contribution in [1.29, 1.82) is 0 Å². The number of amides is 1. The molecule has 0 saturated carbocycles. The lowest BCUT2D eigenvalue weighted by atomic mass is 10.2. The molecule has 2 N–H and O–H groups in total. The highest BCUT2D eigenvalue weighted by molar-refractivity contribution is 7.99. The topological polar surface area (TPSA) is 114 Å². The van der Waals surface area contributed by atoms with Crippen molar-refractivity contribution in [3.63, 3.8) is 0 Å². The minimum absolute atomic E-state index is 0.0201. The third-order valence-electron chi connectivity index (χ3n) is 3.65. The summed E-state index contributed by atoms with van der Waals surface area (Å²) in [6, 6.07) is 11.9. The molecule has 0 aliphatic carbocycles. The molecule has 3 rings (SSSR count). The summed E-state index contributed by atoms with van der Waals surface area (Å²) in [6.45, 7) is 1.55. The van der Waals surface area contributed by atoms with E-state index in [1.807, 2.05) is 0 Å². The number of hydrogen-bond acceptors (Lipinski definition) is 7. The standard InChI is InChI=1S/C18H17FN4O4S2/c1-2-29(25,26)23-15-7-3-12(4-8-15)17-21-22-18(27-17)28-11-16(24)20-14-9-5-13(19)6-10-14/h3-10,23H,2,11H2,1H3,(H,20,24). The van der Waals surface area contributed by atoms with Gasteiger partial charge in [0.15, 0.2) is 0 Å². The second-order valence-electron chi connectivity index (χ2n) is 5.80. The van der Waals surface area contributed by atoms with Gasteiger partial charge in [-0.1, -0.05) is 11.8 Å². The summed E-state index contributed by atoms with van der Waals surface area (Å²) < 4.78 is 44.0. The van der Waals surface area contributed by atoms with Gasteiger partial charge in [0.05, 0.1) is 11.5 Å². The summed E-state index contributed by atoms with van der Waals surface area (Å²) in [5, 5.41) is 10.7. The van der Waals surface area contributed by atoms with Crippen LogP contribution in [0.25, 0.3) is 11.5 Å². The summed E-state index contributed by atoms with van der Waals surface area (Å²) in [7, 11) is -3.35. The molecule has 1 amide bonds. The maximum atomic E-state index is 12.9. The molecular weight excluding hydrogens is 419 g/mol. The van der Waals surface area contributed by atoms with Crippen molar-refractivity contribution in [3.05, 3.63) is 54.3 Å². The fourth-order valence-corrected chi connectivity index (χ4v) is 3.38. The van der Waals surface area contributed by atoms with Gasteiger partial charge in [0.2, 0.25) is 21.8 Å². The van der Waals surface area contributed by atoms with Crippen LogP contribution in [0.1, 0.15) is 6.92 Å². The zero-order chi connectivity index (χ0) is 20.9. The molecule has 152 valence electrons. The van der Waals surface area contributed by atoms with Crippen molar-refractivity contribution in [1.82, 2.24) is 10.2 Å². The molecule has 0 unspecified atom stereocenters. The average Bonchev–Trinajstić information content (AvgIpc) is 3.18. The number of nitrogens with one attached hydrogen (secondary N) is 2. The van der Waals surface area contributed by atoms with E-state index in [1.165, 1.54) is 24.3 Å². The van der Waals surface area contributed by atoms with E-state index in [2.05, 4.69) is 20.2 Å². The van der Waals surface area contributed by atoms with E-state index in [0.717, 1.165) is 11.8 Å². The molecule has 1 heterocycles. The van der Waals surface area contributed by atoms with Gasteiger partial charge < -0.3 is 9.73 Å². The molecule has 0 aliphatic heterocycles. The second kappa shape index (κ2) is 9.05. The predicted octanol–water partition coefficient (Wildman–Crippen LogP) is 3.37. The SMILES string of the molecule is CCS(=O)(=O)Nc1ccc(-c2nnc(SCC(=O)Nc3ccc(F)cc3)o2)cc1. The van der Waals surface area contributed by atoms with Crippen LogP contribution in [0.15, 0.2) is 58.2 Å². The number of carbonyl (C=O) groups excluding carboxylic acids is 1. The number of anilines is 2. The third kappa shape index (κ3) is 6.03. The number of sulfonamides is 1. The van der Waals surface area contributed by atoms with Crippen LogP contribution in [0, 0.1) is 5.82 Å². The molecule has 0 spiro atoms. The molecule has 29 heavy (non-hydrogen) atoms. The highest BCUT2D eigenvalue weighted by Crippen LogP contribution is 2.24. The summed E-state index contributed by atoms with van der Waals surface area (Å²) in [5.74, 6) is -0.415. The molecule has 0 radical (unpaired) electrons. The lowest BCUT2D eigenvalue weighted by Gasteiger charge is -2.05. The number of carbonyl (C=O) groups is 1. The van der Waals surface area contributed by atoms with Gasteiger partial charge in [-0.2, -0.15) is 0 Å². The number of hydrogen-bond donors (Lipinski definition) is 2. The first-order valence-corrected chi connectivity index (χ1v) is 11.1. The lowest BCUT2D eigenvalue weighted by Crippen LogP contribution is -2.14. The van der Waals surface area contributed by atoms with Crippen molar-refractivity contribution in [2.24, 2.45) is 0 Å². The monoisotopic (exact) mass is 436 g/mol. The number of halogens is 1.